The molecule has 1 fully saturated rings. The number of aromatic nitrogens is 6. The van der Waals surface area contributed by atoms with Crippen molar-refractivity contribution in [3.63, 3.8) is 0 Å². The number of fused-ring (bicyclic) bond motifs is 1. The van der Waals surface area contributed by atoms with E-state index in [9.17, 15) is 4.79 Å². The van der Waals surface area contributed by atoms with Crippen molar-refractivity contribution in [3.05, 3.63) is 42.6 Å². The first-order chi connectivity index (χ1) is 16.1. The van der Waals surface area contributed by atoms with Gasteiger partial charge in [-0.3, -0.25) is 9.48 Å². The van der Waals surface area contributed by atoms with Crippen LogP contribution in [0.3, 0.4) is 0 Å². The smallest absolute Gasteiger partial charge is 0.244 e. The third kappa shape index (κ3) is 4.30. The lowest BCUT2D eigenvalue weighted by Crippen LogP contribution is -2.37. The van der Waals surface area contributed by atoms with Crippen LogP contribution >= 0.6 is 0 Å². The van der Waals surface area contributed by atoms with Crippen LogP contribution in [0.5, 0.6) is 0 Å². The van der Waals surface area contributed by atoms with Gasteiger partial charge in [0.15, 0.2) is 0 Å². The molecule has 33 heavy (non-hydrogen) atoms. The molecule has 4 aromatic heterocycles. The molecule has 0 bridgehead atoms. The number of piperidine rings is 1. The number of anilines is 1. The van der Waals surface area contributed by atoms with Gasteiger partial charge < -0.3 is 15.2 Å². The van der Waals surface area contributed by atoms with Gasteiger partial charge in [-0.05, 0) is 37.8 Å². The molecule has 5 heterocycles. The number of nitrogens with one attached hydrogen (secondary N) is 2. The number of carbonyl (C=O) groups excluding carboxylic acids is 1. The van der Waals surface area contributed by atoms with Gasteiger partial charge in [0.2, 0.25) is 11.9 Å². The summed E-state index contributed by atoms with van der Waals surface area (Å²) in [4.78, 5) is 31.5. The van der Waals surface area contributed by atoms with E-state index in [4.69, 9.17) is 0 Å². The zero-order valence-corrected chi connectivity index (χ0v) is 19.0. The molecule has 170 valence electrons. The monoisotopic (exact) mass is 444 g/mol. The highest BCUT2D eigenvalue weighted by atomic mass is 16.2. The van der Waals surface area contributed by atoms with Gasteiger partial charge in [-0.15, -0.1) is 0 Å². The first-order valence-electron chi connectivity index (χ1n) is 11.5. The third-order valence-corrected chi connectivity index (χ3v) is 6.14. The lowest BCUT2D eigenvalue weighted by Gasteiger charge is -2.26. The van der Waals surface area contributed by atoms with Crippen molar-refractivity contribution >= 4 is 22.9 Å². The van der Waals surface area contributed by atoms with E-state index in [2.05, 4.69) is 43.3 Å². The first kappa shape index (κ1) is 21.1. The largest absolute Gasteiger partial charge is 0.357 e. The number of rotatable bonds is 6. The molecule has 9 nitrogen and oxygen atoms in total. The maximum absolute atomic E-state index is 12.6. The molecule has 0 spiro atoms. The summed E-state index contributed by atoms with van der Waals surface area (Å²) in [5.74, 6) is 0.726. The Morgan fingerprint density at radius 3 is 2.76 bits per heavy atom. The number of pyridine rings is 1. The molecule has 1 saturated heterocycles. The van der Waals surface area contributed by atoms with Crippen LogP contribution in [0.25, 0.3) is 33.4 Å². The Kier molecular flexibility index (Phi) is 5.77. The minimum absolute atomic E-state index is 0.127. The second kappa shape index (κ2) is 9.01. The van der Waals surface area contributed by atoms with Crippen LogP contribution in [-0.4, -0.2) is 60.7 Å². The van der Waals surface area contributed by atoms with Gasteiger partial charge in [0.05, 0.1) is 11.9 Å². The quantitative estimate of drug-likeness (QED) is 0.472. The minimum atomic E-state index is 0.127. The molecular weight excluding hydrogens is 416 g/mol. The van der Waals surface area contributed by atoms with Crippen LogP contribution in [0.15, 0.2) is 36.9 Å². The fraction of sp³-hybridized carbons (Fsp3) is 0.375. The van der Waals surface area contributed by atoms with E-state index in [1.165, 1.54) is 6.42 Å². The minimum Gasteiger partial charge on any atom is -0.357 e. The molecule has 4 aromatic rings. The van der Waals surface area contributed by atoms with Gasteiger partial charge >= 0.3 is 0 Å². The summed E-state index contributed by atoms with van der Waals surface area (Å²) in [6.07, 6.45) is 11.7. The molecule has 0 aliphatic carbocycles. The van der Waals surface area contributed by atoms with E-state index in [1.54, 1.807) is 10.9 Å². The summed E-state index contributed by atoms with van der Waals surface area (Å²) in [7, 11) is 1.82. The average molecular weight is 445 g/mol. The summed E-state index contributed by atoms with van der Waals surface area (Å²) < 4.78 is 1.71. The van der Waals surface area contributed by atoms with Crippen molar-refractivity contribution in [2.24, 2.45) is 0 Å². The fourth-order valence-corrected chi connectivity index (χ4v) is 4.28. The molecule has 9 heteroatoms. The molecular formula is C24H28N8O. The highest BCUT2D eigenvalue weighted by Crippen LogP contribution is 2.30. The van der Waals surface area contributed by atoms with Gasteiger partial charge in [-0.25, -0.2) is 15.0 Å². The zero-order valence-electron chi connectivity index (χ0n) is 19.0. The Bertz CT molecular complexity index is 1260. The van der Waals surface area contributed by atoms with E-state index in [0.717, 1.165) is 71.5 Å². The van der Waals surface area contributed by atoms with Gasteiger partial charge in [0.1, 0.15) is 12.2 Å². The third-order valence-electron chi connectivity index (χ3n) is 6.14. The molecule has 1 aliphatic rings. The maximum Gasteiger partial charge on any atom is 0.244 e. The van der Waals surface area contributed by atoms with Crippen molar-refractivity contribution < 1.29 is 4.79 Å². The average Bonchev–Trinajstić information content (AvgIpc) is 3.51. The predicted octanol–water partition coefficient (Wildman–Crippen LogP) is 3.50. The number of hydrogen-bond donors (Lipinski definition) is 2. The van der Waals surface area contributed by atoms with E-state index in [0.29, 0.717) is 5.95 Å². The second-order valence-electron chi connectivity index (χ2n) is 8.36. The highest BCUT2D eigenvalue weighted by Gasteiger charge is 2.18. The summed E-state index contributed by atoms with van der Waals surface area (Å²) in [6.45, 7) is 4.04. The van der Waals surface area contributed by atoms with E-state index in [1.807, 2.05) is 36.6 Å². The van der Waals surface area contributed by atoms with Crippen LogP contribution in [0.4, 0.5) is 5.95 Å². The maximum atomic E-state index is 12.6. The number of carbonyl (C=O) groups is 1. The summed E-state index contributed by atoms with van der Waals surface area (Å²) >= 11 is 0. The Hall–Kier alpha value is -3.75. The van der Waals surface area contributed by atoms with Crippen molar-refractivity contribution in [1.82, 2.24) is 34.6 Å². The van der Waals surface area contributed by atoms with Crippen LogP contribution in [0.2, 0.25) is 0 Å². The van der Waals surface area contributed by atoms with Gasteiger partial charge in [-0.2, -0.15) is 5.10 Å². The summed E-state index contributed by atoms with van der Waals surface area (Å²) in [5.41, 5.74) is 5.46. The molecule has 0 unspecified atom stereocenters. The number of hydrogen-bond acceptors (Lipinski definition) is 6. The second-order valence-corrected chi connectivity index (χ2v) is 8.36. The fourth-order valence-electron chi connectivity index (χ4n) is 4.28. The molecule has 0 atom stereocenters. The molecule has 0 aromatic carbocycles. The Balaban J connectivity index is 1.43. The predicted molar refractivity (Wildman–Crippen MR) is 128 cm³/mol. The number of amides is 1. The lowest BCUT2D eigenvalue weighted by molar-refractivity contribution is -0.132. The van der Waals surface area contributed by atoms with Crippen molar-refractivity contribution in [3.8, 4) is 22.4 Å². The molecule has 0 saturated carbocycles. The number of likely N-dealkylation sites (tertiary alicyclic amines) is 1. The molecule has 2 N–H and O–H groups in total. The number of nitrogens with zero attached hydrogens (tertiary/aromatic N) is 6. The standard InChI is InChI=1S/C24H28N8O/c1-3-18-10-21(30-24(25-2)29-18)20-13-27-23-19(20)9-16(11-26-23)17-12-28-32(14-17)15-22(33)31-7-5-4-6-8-31/h9-14H,3-8,15H2,1-2H3,(H,26,27)(H,25,29,30). The van der Waals surface area contributed by atoms with Gasteiger partial charge in [-0.1, -0.05) is 6.92 Å². The highest BCUT2D eigenvalue weighted by molar-refractivity contribution is 5.95. The van der Waals surface area contributed by atoms with Crippen LogP contribution < -0.4 is 5.32 Å². The normalized spacial score (nSPS) is 14.1. The van der Waals surface area contributed by atoms with Gasteiger partial charge in [0, 0.05) is 66.5 Å². The van der Waals surface area contributed by atoms with Crippen LogP contribution in [-0.2, 0) is 17.8 Å². The van der Waals surface area contributed by atoms with E-state index in [-0.39, 0.29) is 12.5 Å². The topological polar surface area (TPSA) is 105 Å². The van der Waals surface area contributed by atoms with Crippen LogP contribution in [0, 0.1) is 0 Å². The van der Waals surface area contributed by atoms with Crippen molar-refractivity contribution in [1.29, 1.82) is 0 Å². The Morgan fingerprint density at radius 2 is 1.97 bits per heavy atom. The first-order valence-corrected chi connectivity index (χ1v) is 11.5. The molecule has 1 amide bonds. The summed E-state index contributed by atoms with van der Waals surface area (Å²) in [5, 5.41) is 8.45. The molecule has 0 radical (unpaired) electrons. The van der Waals surface area contributed by atoms with Gasteiger partial charge in [0.25, 0.3) is 0 Å². The van der Waals surface area contributed by atoms with Crippen LogP contribution in [0.1, 0.15) is 31.9 Å². The van der Waals surface area contributed by atoms with Crippen molar-refractivity contribution in [2.45, 2.75) is 39.2 Å². The number of aromatic amines is 1. The number of H-pyrrole nitrogens is 1. The lowest BCUT2D eigenvalue weighted by atomic mass is 10.1. The van der Waals surface area contributed by atoms with E-state index < -0.39 is 0 Å². The van der Waals surface area contributed by atoms with Crippen molar-refractivity contribution in [2.75, 3.05) is 25.5 Å². The SMILES string of the molecule is CCc1cc(-c2c[nH]c3ncc(-c4cnn(CC(=O)N5CCCCC5)c4)cc23)nc(NC)n1. The molecule has 5 rings (SSSR count). The van der Waals surface area contributed by atoms with E-state index >= 15 is 0 Å². The number of aryl methyl sites for hydroxylation is 1. The zero-order chi connectivity index (χ0) is 22.8. The summed E-state index contributed by atoms with van der Waals surface area (Å²) in [6, 6.07) is 4.11. The molecule has 1 aliphatic heterocycles. The Labute approximate surface area is 192 Å². The Morgan fingerprint density at radius 1 is 1.12 bits per heavy atom.